The topological polar surface area (TPSA) is 94.6 Å². The molecule has 0 unspecified atom stereocenters. The van der Waals surface area contributed by atoms with Crippen molar-refractivity contribution in [1.82, 2.24) is 9.97 Å². The number of allylic oxidation sites excluding steroid dienone is 1. The Morgan fingerprint density at radius 1 is 0.811 bits per heavy atom. The molecule has 0 saturated carbocycles. The molecule has 0 aliphatic heterocycles. The number of pyridine rings is 2. The first-order chi connectivity index (χ1) is 18.0. The first-order valence-electron chi connectivity index (χ1n) is 11.2. The van der Waals surface area contributed by atoms with Crippen molar-refractivity contribution in [2.75, 3.05) is 32.0 Å². The maximum absolute atomic E-state index is 13.2. The highest BCUT2D eigenvalue weighted by atomic mass is 35.5. The number of hydrogen-bond donors (Lipinski definition) is 2. The van der Waals surface area contributed by atoms with Crippen LogP contribution in [0.5, 0.6) is 17.2 Å². The third kappa shape index (κ3) is 6.17. The number of carbonyl (C=O) groups is 1. The van der Waals surface area contributed by atoms with E-state index in [9.17, 15) is 4.79 Å². The van der Waals surface area contributed by atoms with Crippen LogP contribution in [-0.2, 0) is 0 Å². The van der Waals surface area contributed by atoms with E-state index >= 15 is 0 Å². The number of ketones is 1. The molecule has 0 fully saturated rings. The molecule has 188 valence electrons. The summed E-state index contributed by atoms with van der Waals surface area (Å²) >= 11 is 5.98. The minimum atomic E-state index is -0.232. The van der Waals surface area contributed by atoms with Gasteiger partial charge in [0.15, 0.2) is 17.3 Å². The largest absolute Gasteiger partial charge is 0.493 e. The second-order valence-electron chi connectivity index (χ2n) is 7.71. The van der Waals surface area contributed by atoms with Gasteiger partial charge >= 0.3 is 0 Å². The molecular formula is C28H25ClN4O4. The molecule has 4 aromatic rings. The van der Waals surface area contributed by atoms with E-state index in [2.05, 4.69) is 20.6 Å². The zero-order valence-corrected chi connectivity index (χ0v) is 21.2. The first-order valence-corrected chi connectivity index (χ1v) is 11.6. The van der Waals surface area contributed by atoms with Crippen LogP contribution in [0.15, 0.2) is 79.1 Å². The molecule has 0 aliphatic rings. The van der Waals surface area contributed by atoms with Crippen molar-refractivity contribution in [3.05, 3.63) is 95.3 Å². The summed E-state index contributed by atoms with van der Waals surface area (Å²) in [7, 11) is 4.61. The van der Waals surface area contributed by atoms with Crippen molar-refractivity contribution in [1.29, 1.82) is 0 Å². The first kappa shape index (κ1) is 25.5. The van der Waals surface area contributed by atoms with Gasteiger partial charge in [-0.3, -0.25) is 4.79 Å². The van der Waals surface area contributed by atoms with Crippen LogP contribution < -0.4 is 24.8 Å². The highest BCUT2D eigenvalue weighted by molar-refractivity contribution is 6.30. The molecule has 0 bridgehead atoms. The maximum Gasteiger partial charge on any atom is 0.203 e. The lowest BCUT2D eigenvalue weighted by molar-refractivity contribution is 0.104. The van der Waals surface area contributed by atoms with Gasteiger partial charge in [0.1, 0.15) is 11.6 Å². The molecule has 9 heteroatoms. The average Bonchev–Trinajstić information content (AvgIpc) is 2.93. The van der Waals surface area contributed by atoms with Crippen molar-refractivity contribution < 1.29 is 19.0 Å². The molecule has 2 heterocycles. The van der Waals surface area contributed by atoms with Crippen LogP contribution in [0.3, 0.4) is 0 Å². The average molecular weight is 517 g/mol. The lowest BCUT2D eigenvalue weighted by Gasteiger charge is -2.15. The number of rotatable bonds is 10. The lowest BCUT2D eigenvalue weighted by atomic mass is 10.1. The molecule has 4 rings (SSSR count). The van der Waals surface area contributed by atoms with Crippen LogP contribution in [0.25, 0.3) is 6.08 Å². The van der Waals surface area contributed by atoms with Crippen molar-refractivity contribution in [3.63, 3.8) is 0 Å². The summed E-state index contributed by atoms with van der Waals surface area (Å²) in [5.41, 5.74) is 2.58. The molecule has 0 amide bonds. The Balaban J connectivity index is 1.58. The highest BCUT2D eigenvalue weighted by Crippen LogP contribution is 2.40. The van der Waals surface area contributed by atoms with E-state index in [-0.39, 0.29) is 5.78 Å². The van der Waals surface area contributed by atoms with Gasteiger partial charge in [-0.05, 0) is 60.7 Å². The van der Waals surface area contributed by atoms with Crippen LogP contribution in [-0.4, -0.2) is 37.1 Å². The van der Waals surface area contributed by atoms with E-state index in [4.69, 9.17) is 25.8 Å². The molecule has 8 nitrogen and oxygen atoms in total. The summed E-state index contributed by atoms with van der Waals surface area (Å²) in [5.74, 6) is 2.18. The second-order valence-corrected chi connectivity index (χ2v) is 8.15. The van der Waals surface area contributed by atoms with E-state index < -0.39 is 0 Å². The molecule has 2 N–H and O–H groups in total. The number of aromatic nitrogens is 2. The number of ether oxygens (including phenoxy) is 3. The zero-order valence-electron chi connectivity index (χ0n) is 20.5. The number of hydrogen-bond acceptors (Lipinski definition) is 8. The van der Waals surface area contributed by atoms with Crippen LogP contribution >= 0.6 is 11.6 Å². The Kier molecular flexibility index (Phi) is 8.22. The van der Waals surface area contributed by atoms with Gasteiger partial charge in [0.05, 0.1) is 26.9 Å². The number of halogens is 1. The Morgan fingerprint density at radius 2 is 1.43 bits per heavy atom. The van der Waals surface area contributed by atoms with E-state index in [0.29, 0.717) is 45.2 Å². The molecule has 37 heavy (non-hydrogen) atoms. The van der Waals surface area contributed by atoms with Crippen LogP contribution in [0.4, 0.5) is 23.0 Å². The molecule has 0 aliphatic carbocycles. The highest BCUT2D eigenvalue weighted by Gasteiger charge is 2.16. The number of anilines is 4. The molecule has 0 spiro atoms. The predicted molar refractivity (Wildman–Crippen MR) is 146 cm³/mol. The van der Waals surface area contributed by atoms with Gasteiger partial charge in [0.25, 0.3) is 0 Å². The Hall–Kier alpha value is -4.56. The summed E-state index contributed by atoms with van der Waals surface area (Å²) in [4.78, 5) is 22.0. The number of methoxy groups -OCH3 is 3. The summed E-state index contributed by atoms with van der Waals surface area (Å²) in [6.45, 7) is 0. The van der Waals surface area contributed by atoms with E-state index in [1.54, 1.807) is 60.9 Å². The Bertz CT molecular complexity index is 1400. The second kappa shape index (κ2) is 11.9. The summed E-state index contributed by atoms with van der Waals surface area (Å²) in [6.07, 6.45) is 6.49. The summed E-state index contributed by atoms with van der Waals surface area (Å²) in [6, 6.07) is 17.8. The lowest BCUT2D eigenvalue weighted by Crippen LogP contribution is -2.04. The van der Waals surface area contributed by atoms with Crippen LogP contribution in [0, 0.1) is 0 Å². The molecule has 2 aromatic heterocycles. The normalized spacial score (nSPS) is 10.7. The number of carbonyl (C=O) groups excluding carboxylic acids is 1. The Labute approximate surface area is 219 Å². The van der Waals surface area contributed by atoms with E-state index in [1.807, 2.05) is 18.2 Å². The molecule has 2 aromatic carbocycles. The summed E-state index contributed by atoms with van der Waals surface area (Å²) < 4.78 is 16.2. The fourth-order valence-electron chi connectivity index (χ4n) is 3.58. The molecule has 0 atom stereocenters. The maximum atomic E-state index is 13.2. The Morgan fingerprint density at radius 3 is 2.08 bits per heavy atom. The van der Waals surface area contributed by atoms with Gasteiger partial charge in [-0.15, -0.1) is 0 Å². The van der Waals surface area contributed by atoms with Crippen molar-refractivity contribution in [2.45, 2.75) is 0 Å². The van der Waals surface area contributed by atoms with Gasteiger partial charge in [-0.2, -0.15) is 0 Å². The van der Waals surface area contributed by atoms with Gasteiger partial charge in [-0.25, -0.2) is 9.97 Å². The molecule has 0 saturated heterocycles. The molecule has 0 radical (unpaired) electrons. The van der Waals surface area contributed by atoms with Gasteiger partial charge < -0.3 is 24.8 Å². The van der Waals surface area contributed by atoms with E-state index in [0.717, 1.165) is 11.3 Å². The van der Waals surface area contributed by atoms with Crippen LogP contribution in [0.1, 0.15) is 15.9 Å². The van der Waals surface area contributed by atoms with Crippen molar-refractivity contribution >= 4 is 46.5 Å². The predicted octanol–water partition coefficient (Wildman–Crippen LogP) is 6.54. The van der Waals surface area contributed by atoms with Crippen LogP contribution in [0.2, 0.25) is 5.02 Å². The van der Waals surface area contributed by atoms with Crippen molar-refractivity contribution in [3.8, 4) is 17.2 Å². The molecular weight excluding hydrogens is 492 g/mol. The third-order valence-corrected chi connectivity index (χ3v) is 5.61. The van der Waals surface area contributed by atoms with Crippen molar-refractivity contribution in [2.24, 2.45) is 0 Å². The summed E-state index contributed by atoms with van der Waals surface area (Å²) in [5, 5.41) is 7.07. The minimum Gasteiger partial charge on any atom is -0.493 e. The van der Waals surface area contributed by atoms with Gasteiger partial charge in [0, 0.05) is 46.5 Å². The number of benzene rings is 2. The smallest absolute Gasteiger partial charge is 0.203 e. The zero-order chi connectivity index (χ0) is 26.2. The standard InChI is InChI=1S/C28H25ClN4O4/c1-35-24-16-21(17-25(36-2)26(24)37-3)33-28-22(7-5-15-31-28)23(34)13-8-18-6-4-14-30-27(18)32-20-11-9-19(29)10-12-20/h4-17H,1-3H3,(H,30,32)(H,31,33)/b13-8+. The van der Waals surface area contributed by atoms with E-state index in [1.165, 1.54) is 27.4 Å². The fraction of sp³-hybridized carbons (Fsp3) is 0.107. The minimum absolute atomic E-state index is 0.232. The van der Waals surface area contributed by atoms with Gasteiger partial charge in [-0.1, -0.05) is 11.6 Å². The third-order valence-electron chi connectivity index (χ3n) is 5.36. The monoisotopic (exact) mass is 516 g/mol. The number of nitrogens with zero attached hydrogens (tertiary/aromatic N) is 2. The quantitative estimate of drug-likeness (QED) is 0.181. The van der Waals surface area contributed by atoms with Gasteiger partial charge in [0.2, 0.25) is 5.75 Å². The fourth-order valence-corrected chi connectivity index (χ4v) is 3.70. The SMILES string of the molecule is COc1cc(Nc2ncccc2C(=O)/C=C/c2cccnc2Nc2ccc(Cl)cc2)cc(OC)c1OC. The number of nitrogens with one attached hydrogen (secondary N) is 2.